The van der Waals surface area contributed by atoms with E-state index < -0.39 is 23.5 Å². The van der Waals surface area contributed by atoms with Crippen LogP contribution in [0, 0.1) is 0 Å². The normalized spacial score (nSPS) is 13.2. The molecule has 0 heterocycles. The van der Waals surface area contributed by atoms with Gasteiger partial charge in [0.25, 0.3) is 5.60 Å². The van der Waals surface area contributed by atoms with Gasteiger partial charge in [-0.25, -0.2) is 9.59 Å². The van der Waals surface area contributed by atoms with Crippen molar-refractivity contribution in [3.63, 3.8) is 0 Å². The van der Waals surface area contributed by atoms with Gasteiger partial charge in [-0.3, -0.25) is 0 Å². The Labute approximate surface area is 140 Å². The fraction of sp³-hybridized carbons (Fsp3) is 0.471. The fourth-order valence-corrected chi connectivity index (χ4v) is 2.45. The second kappa shape index (κ2) is 9.02. The Kier molecular flexibility index (Phi) is 7.38. The number of carbonyl (C=O) groups is 2. The van der Waals surface area contributed by atoms with Crippen LogP contribution in [0.15, 0.2) is 35.5 Å². The van der Waals surface area contributed by atoms with Crippen molar-refractivity contribution in [3.05, 3.63) is 35.9 Å². The number of carbonyl (C=O) groups excluding carboxylic acids is 2. The molecule has 0 bridgehead atoms. The summed E-state index contributed by atoms with van der Waals surface area (Å²) in [6.45, 7) is 4.74. The van der Waals surface area contributed by atoms with Gasteiger partial charge in [0.2, 0.25) is 0 Å². The molecule has 0 amide bonds. The Morgan fingerprint density at radius 1 is 1.08 bits per heavy atom. The SMILES string of the molecule is CCOC(=O)C(O)(C(=O)OCC)[C@H](/C(CC)=N/O)c1ccccc1. The number of rotatable bonds is 8. The van der Waals surface area contributed by atoms with Crippen molar-refractivity contribution < 1.29 is 29.4 Å². The quantitative estimate of drug-likeness (QED) is 0.247. The smallest absolute Gasteiger partial charge is 0.351 e. The molecule has 0 saturated heterocycles. The lowest BCUT2D eigenvalue weighted by Crippen LogP contribution is -2.55. The second-order valence-electron chi connectivity index (χ2n) is 5.00. The Hall–Kier alpha value is -2.41. The van der Waals surface area contributed by atoms with Gasteiger partial charge < -0.3 is 19.8 Å². The van der Waals surface area contributed by atoms with Crippen LogP contribution in [0.1, 0.15) is 38.7 Å². The number of benzene rings is 1. The molecule has 1 aromatic carbocycles. The lowest BCUT2D eigenvalue weighted by molar-refractivity contribution is -0.184. The summed E-state index contributed by atoms with van der Waals surface area (Å²) in [5.41, 5.74) is -2.16. The highest BCUT2D eigenvalue weighted by Crippen LogP contribution is 2.34. The number of nitrogens with zero attached hydrogens (tertiary/aromatic N) is 1. The summed E-state index contributed by atoms with van der Waals surface area (Å²) >= 11 is 0. The third-order valence-corrected chi connectivity index (χ3v) is 3.55. The van der Waals surface area contributed by atoms with E-state index in [0.717, 1.165) is 0 Å². The minimum Gasteiger partial charge on any atom is -0.463 e. The van der Waals surface area contributed by atoms with Crippen LogP contribution < -0.4 is 0 Å². The summed E-state index contributed by atoms with van der Waals surface area (Å²) in [6, 6.07) is 8.35. The predicted molar refractivity (Wildman–Crippen MR) is 86.9 cm³/mol. The molecular weight excluding hydrogens is 314 g/mol. The molecule has 24 heavy (non-hydrogen) atoms. The maximum absolute atomic E-state index is 12.4. The van der Waals surface area contributed by atoms with Crippen LogP contribution in [-0.2, 0) is 19.1 Å². The van der Waals surface area contributed by atoms with Gasteiger partial charge in [0.05, 0.1) is 24.8 Å². The van der Waals surface area contributed by atoms with Gasteiger partial charge in [-0.2, -0.15) is 0 Å². The van der Waals surface area contributed by atoms with Crippen LogP contribution in [0.25, 0.3) is 0 Å². The average Bonchev–Trinajstić information content (AvgIpc) is 2.60. The zero-order chi connectivity index (χ0) is 18.2. The van der Waals surface area contributed by atoms with Crippen molar-refractivity contribution in [2.24, 2.45) is 5.16 Å². The van der Waals surface area contributed by atoms with Crippen LogP contribution in [0.3, 0.4) is 0 Å². The molecule has 0 radical (unpaired) electrons. The Balaban J connectivity index is 3.56. The van der Waals surface area contributed by atoms with Gasteiger partial charge in [0, 0.05) is 0 Å². The van der Waals surface area contributed by atoms with Crippen molar-refractivity contribution in [1.82, 2.24) is 0 Å². The number of ether oxygens (including phenoxy) is 2. The van der Waals surface area contributed by atoms with E-state index in [9.17, 15) is 19.9 Å². The Bertz CT molecular complexity index is 566. The summed E-state index contributed by atoms with van der Waals surface area (Å²) in [4.78, 5) is 24.8. The molecular formula is C17H23NO6. The van der Waals surface area contributed by atoms with Crippen molar-refractivity contribution in [3.8, 4) is 0 Å². The molecule has 0 aliphatic carbocycles. The summed E-state index contributed by atoms with van der Waals surface area (Å²) in [5, 5.41) is 23.5. The number of aliphatic hydroxyl groups is 1. The third kappa shape index (κ3) is 3.91. The van der Waals surface area contributed by atoms with Gasteiger partial charge in [-0.1, -0.05) is 42.4 Å². The van der Waals surface area contributed by atoms with Crippen molar-refractivity contribution in [2.75, 3.05) is 13.2 Å². The van der Waals surface area contributed by atoms with E-state index in [4.69, 9.17) is 9.47 Å². The van der Waals surface area contributed by atoms with E-state index in [0.29, 0.717) is 5.56 Å². The zero-order valence-corrected chi connectivity index (χ0v) is 14.1. The molecule has 0 fully saturated rings. The van der Waals surface area contributed by atoms with Crippen LogP contribution in [-0.4, -0.2) is 46.8 Å². The van der Waals surface area contributed by atoms with Crippen LogP contribution in [0.5, 0.6) is 0 Å². The minimum absolute atomic E-state index is 0.0280. The Morgan fingerprint density at radius 3 is 1.96 bits per heavy atom. The summed E-state index contributed by atoms with van der Waals surface area (Å²) in [7, 11) is 0. The molecule has 0 aliphatic rings. The highest BCUT2D eigenvalue weighted by atomic mass is 16.6. The van der Waals surface area contributed by atoms with Crippen LogP contribution in [0.2, 0.25) is 0 Å². The average molecular weight is 337 g/mol. The molecule has 1 rings (SSSR count). The molecule has 0 unspecified atom stereocenters. The maximum Gasteiger partial charge on any atom is 0.351 e. The molecule has 1 atom stereocenters. The van der Waals surface area contributed by atoms with E-state index in [1.807, 2.05) is 0 Å². The number of hydrogen-bond acceptors (Lipinski definition) is 7. The van der Waals surface area contributed by atoms with E-state index >= 15 is 0 Å². The van der Waals surface area contributed by atoms with E-state index in [1.165, 1.54) is 0 Å². The summed E-state index contributed by atoms with van der Waals surface area (Å²) in [5.74, 6) is -3.52. The highest BCUT2D eigenvalue weighted by Gasteiger charge is 2.56. The van der Waals surface area contributed by atoms with E-state index in [1.54, 1.807) is 51.1 Å². The van der Waals surface area contributed by atoms with Gasteiger partial charge in [0.15, 0.2) is 0 Å². The molecule has 1 aromatic rings. The molecule has 0 saturated carbocycles. The lowest BCUT2D eigenvalue weighted by Gasteiger charge is -2.32. The van der Waals surface area contributed by atoms with Crippen molar-refractivity contribution in [1.29, 1.82) is 0 Å². The first-order chi connectivity index (χ1) is 11.5. The Morgan fingerprint density at radius 2 is 1.58 bits per heavy atom. The molecule has 0 spiro atoms. The van der Waals surface area contributed by atoms with E-state index in [2.05, 4.69) is 5.16 Å². The van der Waals surface area contributed by atoms with Crippen LogP contribution >= 0.6 is 0 Å². The summed E-state index contributed by atoms with van der Waals surface area (Å²) in [6.07, 6.45) is 0.206. The fourth-order valence-electron chi connectivity index (χ4n) is 2.45. The molecule has 7 nitrogen and oxygen atoms in total. The molecule has 132 valence electrons. The first-order valence-corrected chi connectivity index (χ1v) is 7.79. The first kappa shape index (κ1) is 19.6. The standard InChI is InChI=1S/C17H23NO6/c1-4-13(18-22)14(12-10-8-7-9-11-12)17(21,15(19)23-5-2)16(20)24-6-3/h7-11,14,21-22H,4-6H2,1-3H3/b18-13+/t14-/m0/s1. The lowest BCUT2D eigenvalue weighted by atomic mass is 9.77. The maximum atomic E-state index is 12.4. The number of esters is 2. The zero-order valence-electron chi connectivity index (χ0n) is 14.1. The predicted octanol–water partition coefficient (Wildman–Crippen LogP) is 1.87. The minimum atomic E-state index is -2.65. The highest BCUT2D eigenvalue weighted by molar-refractivity contribution is 6.11. The molecule has 2 N–H and O–H groups in total. The molecule has 7 heteroatoms. The summed E-state index contributed by atoms with van der Waals surface area (Å²) < 4.78 is 9.78. The van der Waals surface area contributed by atoms with Gasteiger partial charge in [0.1, 0.15) is 0 Å². The third-order valence-electron chi connectivity index (χ3n) is 3.55. The largest absolute Gasteiger partial charge is 0.463 e. The monoisotopic (exact) mass is 337 g/mol. The molecule has 0 aromatic heterocycles. The van der Waals surface area contributed by atoms with Crippen LogP contribution in [0.4, 0.5) is 0 Å². The van der Waals surface area contributed by atoms with Crippen molar-refractivity contribution >= 4 is 17.7 Å². The van der Waals surface area contributed by atoms with Gasteiger partial charge in [-0.15, -0.1) is 0 Å². The second-order valence-corrected chi connectivity index (χ2v) is 5.00. The number of oxime groups is 1. The van der Waals surface area contributed by atoms with Gasteiger partial charge in [-0.05, 0) is 25.8 Å². The van der Waals surface area contributed by atoms with E-state index in [-0.39, 0.29) is 25.3 Å². The topological polar surface area (TPSA) is 105 Å². The van der Waals surface area contributed by atoms with Gasteiger partial charge >= 0.3 is 11.9 Å². The van der Waals surface area contributed by atoms with Crippen molar-refractivity contribution in [2.45, 2.75) is 38.7 Å². The number of hydrogen-bond donors (Lipinski definition) is 2. The molecule has 0 aliphatic heterocycles. The first-order valence-electron chi connectivity index (χ1n) is 7.79.